The van der Waals surface area contributed by atoms with Crippen LogP contribution in [-0.4, -0.2) is 17.8 Å². The van der Waals surface area contributed by atoms with Crippen molar-refractivity contribution < 1.29 is 5.11 Å². The molecule has 0 amide bonds. The van der Waals surface area contributed by atoms with Crippen LogP contribution < -0.4 is 11.5 Å². The van der Waals surface area contributed by atoms with Crippen molar-refractivity contribution in [3.63, 3.8) is 0 Å². The van der Waals surface area contributed by atoms with Crippen molar-refractivity contribution in [1.82, 2.24) is 0 Å². The maximum Gasteiger partial charge on any atom is 0.0902 e. The van der Waals surface area contributed by atoms with E-state index in [-0.39, 0.29) is 6.61 Å². The van der Waals surface area contributed by atoms with Gasteiger partial charge >= 0.3 is 0 Å². The monoisotopic (exact) mass is 176 g/mol. The molecule has 0 radical (unpaired) electrons. The maximum absolute atomic E-state index is 8.62. The third kappa shape index (κ3) is 3.16. The van der Waals surface area contributed by atoms with Gasteiger partial charge in [0.25, 0.3) is 0 Å². The number of rotatable bonds is 1. The fourth-order valence-electron chi connectivity index (χ4n) is 0.838. The predicted octanol–water partition coefficient (Wildman–Crippen LogP) is -0.0601. The standard InChI is InChI=1S/C10H12N2O/c11-9-3-1-2-8(6-9)4-5-10(12)7-13/h1-3,6,10,13H,7,11-12H2. The van der Waals surface area contributed by atoms with Crippen LogP contribution in [0.15, 0.2) is 24.3 Å². The van der Waals surface area contributed by atoms with Crippen molar-refractivity contribution in [3.05, 3.63) is 29.8 Å². The molecule has 1 unspecified atom stereocenters. The minimum absolute atomic E-state index is 0.130. The van der Waals surface area contributed by atoms with E-state index in [0.29, 0.717) is 5.69 Å². The van der Waals surface area contributed by atoms with Crippen LogP contribution in [0.1, 0.15) is 5.56 Å². The van der Waals surface area contributed by atoms with E-state index >= 15 is 0 Å². The predicted molar refractivity (Wildman–Crippen MR) is 52.8 cm³/mol. The van der Waals surface area contributed by atoms with E-state index in [2.05, 4.69) is 11.8 Å². The van der Waals surface area contributed by atoms with Crippen molar-refractivity contribution in [2.24, 2.45) is 5.73 Å². The molecule has 3 nitrogen and oxygen atoms in total. The molecule has 3 heteroatoms. The first-order chi connectivity index (χ1) is 6.22. The van der Waals surface area contributed by atoms with Crippen LogP contribution >= 0.6 is 0 Å². The SMILES string of the molecule is Nc1cccc(C#CC(N)CO)c1. The highest BCUT2D eigenvalue weighted by atomic mass is 16.3. The number of nitrogens with two attached hydrogens (primary N) is 2. The molecule has 68 valence electrons. The average molecular weight is 176 g/mol. The molecule has 0 aliphatic heterocycles. The van der Waals surface area contributed by atoms with Gasteiger partial charge in [0.15, 0.2) is 0 Å². The first kappa shape index (κ1) is 9.59. The summed E-state index contributed by atoms with van der Waals surface area (Å²) in [5.41, 5.74) is 12.4. The molecule has 0 saturated carbocycles. The molecule has 1 aromatic rings. The zero-order chi connectivity index (χ0) is 9.68. The summed E-state index contributed by atoms with van der Waals surface area (Å²) in [5, 5.41) is 8.62. The Balaban J connectivity index is 2.77. The smallest absolute Gasteiger partial charge is 0.0902 e. The van der Waals surface area contributed by atoms with Gasteiger partial charge in [0, 0.05) is 11.3 Å². The Morgan fingerprint density at radius 1 is 1.46 bits per heavy atom. The van der Waals surface area contributed by atoms with Crippen molar-refractivity contribution in [1.29, 1.82) is 0 Å². The minimum Gasteiger partial charge on any atom is -0.399 e. The number of benzene rings is 1. The van der Waals surface area contributed by atoms with Gasteiger partial charge in [-0.25, -0.2) is 0 Å². The molecule has 1 aromatic carbocycles. The van der Waals surface area contributed by atoms with Crippen LogP contribution in [-0.2, 0) is 0 Å². The van der Waals surface area contributed by atoms with Gasteiger partial charge in [-0.15, -0.1) is 0 Å². The van der Waals surface area contributed by atoms with Crippen LogP contribution in [0.25, 0.3) is 0 Å². The van der Waals surface area contributed by atoms with Crippen LogP contribution in [0, 0.1) is 11.8 Å². The normalized spacial score (nSPS) is 11.5. The van der Waals surface area contributed by atoms with Gasteiger partial charge in [-0.3, -0.25) is 0 Å². The summed E-state index contributed by atoms with van der Waals surface area (Å²) >= 11 is 0. The molecule has 0 fully saturated rings. The number of aliphatic hydroxyl groups excluding tert-OH is 1. The van der Waals surface area contributed by atoms with Gasteiger partial charge in [0.1, 0.15) is 0 Å². The van der Waals surface area contributed by atoms with Gasteiger partial charge in [-0.2, -0.15) is 0 Å². The molecule has 0 aromatic heterocycles. The zero-order valence-corrected chi connectivity index (χ0v) is 7.20. The number of aliphatic hydroxyl groups is 1. The van der Waals surface area contributed by atoms with Gasteiger partial charge in [0.05, 0.1) is 12.6 Å². The Morgan fingerprint density at radius 3 is 2.85 bits per heavy atom. The third-order valence-corrected chi connectivity index (χ3v) is 1.49. The van der Waals surface area contributed by atoms with Gasteiger partial charge in [-0.1, -0.05) is 17.9 Å². The highest BCUT2D eigenvalue weighted by Crippen LogP contribution is 2.04. The molecule has 1 rings (SSSR count). The molecule has 0 bridgehead atoms. The summed E-state index contributed by atoms with van der Waals surface area (Å²) in [6.45, 7) is -0.130. The molecule has 0 saturated heterocycles. The van der Waals surface area contributed by atoms with Crippen LogP contribution in [0.2, 0.25) is 0 Å². The molecule has 0 spiro atoms. The fourth-order valence-corrected chi connectivity index (χ4v) is 0.838. The van der Waals surface area contributed by atoms with E-state index in [1.165, 1.54) is 0 Å². The van der Waals surface area contributed by atoms with Crippen LogP contribution in [0.3, 0.4) is 0 Å². The second-order valence-corrected chi connectivity index (χ2v) is 2.68. The summed E-state index contributed by atoms with van der Waals surface area (Å²) in [6, 6.07) is 6.73. The third-order valence-electron chi connectivity index (χ3n) is 1.49. The number of hydrogen-bond donors (Lipinski definition) is 3. The largest absolute Gasteiger partial charge is 0.399 e. The van der Waals surface area contributed by atoms with Crippen molar-refractivity contribution in [2.75, 3.05) is 12.3 Å². The molecule has 0 aliphatic rings. The average Bonchev–Trinajstić information content (AvgIpc) is 2.14. The number of nitrogen functional groups attached to an aromatic ring is 1. The Bertz CT molecular complexity index is 338. The molecule has 13 heavy (non-hydrogen) atoms. The quantitative estimate of drug-likeness (QED) is 0.414. The topological polar surface area (TPSA) is 72.3 Å². The zero-order valence-electron chi connectivity index (χ0n) is 7.20. The lowest BCUT2D eigenvalue weighted by atomic mass is 10.2. The number of hydrogen-bond acceptors (Lipinski definition) is 3. The maximum atomic E-state index is 8.62. The Labute approximate surface area is 77.4 Å². The first-order valence-electron chi connectivity index (χ1n) is 3.96. The van der Waals surface area contributed by atoms with Crippen molar-refractivity contribution in [2.45, 2.75) is 6.04 Å². The van der Waals surface area contributed by atoms with E-state index in [0.717, 1.165) is 5.56 Å². The van der Waals surface area contributed by atoms with E-state index < -0.39 is 6.04 Å². The highest BCUT2D eigenvalue weighted by molar-refractivity contribution is 5.47. The summed E-state index contributed by atoms with van der Waals surface area (Å²) < 4.78 is 0. The molecule has 0 aliphatic carbocycles. The van der Waals surface area contributed by atoms with Gasteiger partial charge in [0.2, 0.25) is 0 Å². The molecular weight excluding hydrogens is 164 g/mol. The molecule has 5 N–H and O–H groups in total. The lowest BCUT2D eigenvalue weighted by molar-refractivity contribution is 0.287. The molecule has 1 atom stereocenters. The number of anilines is 1. The molecule has 0 heterocycles. The van der Waals surface area contributed by atoms with E-state index in [4.69, 9.17) is 16.6 Å². The first-order valence-corrected chi connectivity index (χ1v) is 3.96. The van der Waals surface area contributed by atoms with Gasteiger partial charge < -0.3 is 16.6 Å². The summed E-state index contributed by atoms with van der Waals surface area (Å²) in [6.07, 6.45) is 0. The Morgan fingerprint density at radius 2 is 2.23 bits per heavy atom. The fraction of sp³-hybridized carbons (Fsp3) is 0.200. The summed E-state index contributed by atoms with van der Waals surface area (Å²) in [5.74, 6) is 5.52. The second kappa shape index (κ2) is 4.51. The van der Waals surface area contributed by atoms with Crippen molar-refractivity contribution in [3.8, 4) is 11.8 Å². The van der Waals surface area contributed by atoms with E-state index in [1.54, 1.807) is 12.1 Å². The van der Waals surface area contributed by atoms with E-state index in [1.807, 2.05) is 12.1 Å². The lowest BCUT2D eigenvalue weighted by Gasteiger charge is -1.96. The summed E-state index contributed by atoms with van der Waals surface area (Å²) in [4.78, 5) is 0. The Hall–Kier alpha value is -1.50. The minimum atomic E-state index is -0.485. The Kier molecular flexibility index (Phi) is 3.32. The lowest BCUT2D eigenvalue weighted by Crippen LogP contribution is -2.21. The van der Waals surface area contributed by atoms with Crippen molar-refractivity contribution >= 4 is 5.69 Å². The second-order valence-electron chi connectivity index (χ2n) is 2.68. The molecular formula is C10H12N2O. The van der Waals surface area contributed by atoms with Crippen LogP contribution in [0.5, 0.6) is 0 Å². The van der Waals surface area contributed by atoms with Gasteiger partial charge in [-0.05, 0) is 18.2 Å². The van der Waals surface area contributed by atoms with E-state index in [9.17, 15) is 0 Å². The van der Waals surface area contributed by atoms with Crippen LogP contribution in [0.4, 0.5) is 5.69 Å². The highest BCUT2D eigenvalue weighted by Gasteiger charge is 1.91. The summed E-state index contributed by atoms with van der Waals surface area (Å²) in [7, 11) is 0.